The van der Waals surface area contributed by atoms with Crippen LogP contribution in [0.15, 0.2) is 70.5 Å². The van der Waals surface area contributed by atoms with E-state index >= 15 is 0 Å². The second-order valence-corrected chi connectivity index (χ2v) is 9.43. The van der Waals surface area contributed by atoms with Gasteiger partial charge in [0.25, 0.3) is 0 Å². The van der Waals surface area contributed by atoms with Gasteiger partial charge in [0.05, 0.1) is 23.2 Å². The van der Waals surface area contributed by atoms with Crippen LogP contribution in [0, 0.1) is 23.7 Å². The van der Waals surface area contributed by atoms with Gasteiger partial charge in [-0.1, -0.05) is 48.2 Å². The summed E-state index contributed by atoms with van der Waals surface area (Å²) in [6.45, 7) is 0.150. The van der Waals surface area contributed by atoms with Crippen molar-refractivity contribution in [2.24, 2.45) is 23.7 Å². The summed E-state index contributed by atoms with van der Waals surface area (Å²) < 4.78 is 0. The zero-order valence-electron chi connectivity index (χ0n) is 16.2. The van der Waals surface area contributed by atoms with Crippen molar-refractivity contribution in [1.82, 2.24) is 4.90 Å². The van der Waals surface area contributed by atoms with Crippen molar-refractivity contribution in [2.75, 3.05) is 11.4 Å². The molecule has 30 heavy (non-hydrogen) atoms. The fourth-order valence-electron chi connectivity index (χ4n) is 5.48. The number of hydrogen-bond acceptors (Lipinski definition) is 4. The Morgan fingerprint density at radius 3 is 1.97 bits per heavy atom. The molecule has 2 aliphatic carbocycles. The highest BCUT2D eigenvalue weighted by Crippen LogP contribution is 2.52. The molecular formula is C24H20N2O3S. The average Bonchev–Trinajstić information content (AvgIpc) is 3.44. The lowest BCUT2D eigenvalue weighted by molar-refractivity contribution is -0.140. The smallest absolute Gasteiger partial charge is 0.233 e. The first-order valence-electron chi connectivity index (χ1n) is 10.4. The normalized spacial score (nSPS) is 28.0. The van der Waals surface area contributed by atoms with Crippen molar-refractivity contribution in [1.29, 1.82) is 0 Å². The molecule has 6 rings (SSSR count). The van der Waals surface area contributed by atoms with Gasteiger partial charge in [-0.15, -0.1) is 0 Å². The van der Waals surface area contributed by atoms with Crippen LogP contribution in [0.25, 0.3) is 0 Å². The van der Waals surface area contributed by atoms with Crippen LogP contribution in [0.1, 0.15) is 12.8 Å². The number of amides is 3. The molecule has 5 nitrogen and oxygen atoms in total. The highest BCUT2D eigenvalue weighted by Gasteiger charge is 2.59. The minimum absolute atomic E-state index is 0.0929. The second-order valence-electron chi connectivity index (χ2n) is 8.34. The lowest BCUT2D eigenvalue weighted by Gasteiger charge is -2.31. The number of imide groups is 1. The molecule has 4 atom stereocenters. The minimum Gasteiger partial charge on any atom is -0.282 e. The monoisotopic (exact) mass is 416 g/mol. The summed E-state index contributed by atoms with van der Waals surface area (Å²) >= 11 is 1.65. The van der Waals surface area contributed by atoms with Crippen LogP contribution in [0.4, 0.5) is 11.4 Å². The number of fused-ring (bicyclic) bond motifs is 7. The summed E-state index contributed by atoms with van der Waals surface area (Å²) in [4.78, 5) is 44.3. The van der Waals surface area contributed by atoms with Crippen molar-refractivity contribution in [2.45, 2.75) is 22.6 Å². The van der Waals surface area contributed by atoms with Crippen LogP contribution < -0.4 is 4.90 Å². The van der Waals surface area contributed by atoms with Crippen molar-refractivity contribution >= 4 is 40.9 Å². The van der Waals surface area contributed by atoms with Crippen LogP contribution in [-0.2, 0) is 14.4 Å². The number of allylic oxidation sites excluding steroid dienone is 2. The molecule has 2 aliphatic heterocycles. The number of nitrogens with zero attached hydrogens (tertiary/aromatic N) is 2. The largest absolute Gasteiger partial charge is 0.282 e. The molecule has 0 N–H and O–H groups in total. The summed E-state index contributed by atoms with van der Waals surface area (Å²) in [5, 5.41) is 0. The van der Waals surface area contributed by atoms with Crippen LogP contribution >= 0.6 is 11.8 Å². The Balaban J connectivity index is 1.25. The fourth-order valence-corrected chi connectivity index (χ4v) is 6.53. The Kier molecular flexibility index (Phi) is 3.93. The number of benzene rings is 2. The van der Waals surface area contributed by atoms with E-state index in [0.29, 0.717) is 0 Å². The topological polar surface area (TPSA) is 57.7 Å². The quantitative estimate of drug-likeness (QED) is 0.560. The van der Waals surface area contributed by atoms with Gasteiger partial charge < -0.3 is 0 Å². The highest BCUT2D eigenvalue weighted by atomic mass is 32.2. The fraction of sp³-hybridized carbons (Fsp3) is 0.292. The van der Waals surface area contributed by atoms with Crippen molar-refractivity contribution in [3.63, 3.8) is 0 Å². The van der Waals surface area contributed by atoms with E-state index in [2.05, 4.69) is 12.2 Å². The Labute approximate surface area is 178 Å². The number of carbonyl (C=O) groups is 3. The lowest BCUT2D eigenvalue weighted by Crippen LogP contribution is -2.37. The SMILES string of the molecule is O=C1[C@@H]2[C@@H](C(=O)N1CCC(=O)N1c3ccccc3Sc3ccccc31)[C@H]1C=C[C@H]2C1. The Bertz CT molecular complexity index is 1050. The molecule has 0 spiro atoms. The summed E-state index contributed by atoms with van der Waals surface area (Å²) in [6.07, 6.45) is 5.21. The van der Waals surface area contributed by atoms with E-state index < -0.39 is 0 Å². The molecular weight excluding hydrogens is 396 g/mol. The first-order chi connectivity index (χ1) is 14.6. The molecule has 3 amide bonds. The van der Waals surface area contributed by atoms with Crippen molar-refractivity contribution < 1.29 is 14.4 Å². The highest BCUT2D eigenvalue weighted by molar-refractivity contribution is 7.99. The second kappa shape index (κ2) is 6.57. The summed E-state index contributed by atoms with van der Waals surface area (Å²) in [5.41, 5.74) is 1.70. The van der Waals surface area contributed by atoms with E-state index in [0.717, 1.165) is 27.6 Å². The predicted molar refractivity (Wildman–Crippen MR) is 113 cm³/mol. The zero-order valence-corrected chi connectivity index (χ0v) is 17.0. The molecule has 0 radical (unpaired) electrons. The van der Waals surface area contributed by atoms with E-state index in [9.17, 15) is 14.4 Å². The maximum atomic E-state index is 13.3. The summed E-state index contributed by atoms with van der Waals surface area (Å²) in [7, 11) is 0. The molecule has 0 aromatic heterocycles. The average molecular weight is 417 g/mol. The van der Waals surface area contributed by atoms with Gasteiger partial charge in [-0.3, -0.25) is 24.2 Å². The Morgan fingerprint density at radius 2 is 1.40 bits per heavy atom. The molecule has 150 valence electrons. The van der Waals surface area contributed by atoms with Crippen LogP contribution in [0.3, 0.4) is 0 Å². The van der Waals surface area contributed by atoms with Crippen LogP contribution in [-0.4, -0.2) is 29.2 Å². The van der Waals surface area contributed by atoms with E-state index in [4.69, 9.17) is 0 Å². The van der Waals surface area contributed by atoms with Gasteiger partial charge in [0.2, 0.25) is 17.7 Å². The van der Waals surface area contributed by atoms with Crippen molar-refractivity contribution in [3.8, 4) is 0 Å². The van der Waals surface area contributed by atoms with Crippen LogP contribution in [0.5, 0.6) is 0 Å². The molecule has 2 aromatic carbocycles. The number of rotatable bonds is 3. The molecule has 2 bridgehead atoms. The van der Waals surface area contributed by atoms with Gasteiger partial charge in [-0.25, -0.2) is 0 Å². The maximum absolute atomic E-state index is 13.3. The molecule has 6 heteroatoms. The molecule has 0 unspecified atom stereocenters. The van der Waals surface area contributed by atoms with Gasteiger partial charge in [0.1, 0.15) is 0 Å². The van der Waals surface area contributed by atoms with Crippen molar-refractivity contribution in [3.05, 3.63) is 60.7 Å². The number of likely N-dealkylation sites (tertiary alicyclic amines) is 1. The zero-order chi connectivity index (χ0) is 20.4. The summed E-state index contributed by atoms with van der Waals surface area (Å²) in [6, 6.07) is 15.7. The number of hydrogen-bond donors (Lipinski definition) is 0. The van der Waals surface area contributed by atoms with E-state index in [1.165, 1.54) is 4.90 Å². The first-order valence-corrected chi connectivity index (χ1v) is 11.2. The van der Waals surface area contributed by atoms with E-state index in [-0.39, 0.29) is 54.4 Å². The van der Waals surface area contributed by atoms with Gasteiger partial charge in [0.15, 0.2) is 0 Å². The maximum Gasteiger partial charge on any atom is 0.233 e. The number of para-hydroxylation sites is 2. The number of carbonyl (C=O) groups excluding carboxylic acids is 3. The Hall–Kier alpha value is -2.86. The minimum atomic E-state index is -0.213. The van der Waals surface area contributed by atoms with Gasteiger partial charge in [-0.05, 0) is 42.5 Å². The predicted octanol–water partition coefficient (Wildman–Crippen LogP) is 4.01. The van der Waals surface area contributed by atoms with Gasteiger partial charge in [0, 0.05) is 22.8 Å². The molecule has 1 saturated heterocycles. The lowest BCUT2D eigenvalue weighted by atomic mass is 9.85. The van der Waals surface area contributed by atoms with Crippen LogP contribution in [0.2, 0.25) is 0 Å². The third kappa shape index (κ3) is 2.46. The van der Waals surface area contributed by atoms with E-state index in [1.54, 1.807) is 16.7 Å². The van der Waals surface area contributed by atoms with Gasteiger partial charge >= 0.3 is 0 Å². The Morgan fingerprint density at radius 1 is 0.867 bits per heavy atom. The molecule has 2 aromatic rings. The molecule has 2 fully saturated rings. The third-order valence-electron chi connectivity index (χ3n) is 6.79. The molecule has 4 aliphatic rings. The van der Waals surface area contributed by atoms with E-state index in [1.807, 2.05) is 48.5 Å². The number of anilines is 2. The van der Waals surface area contributed by atoms with Gasteiger partial charge in [-0.2, -0.15) is 0 Å². The first kappa shape index (κ1) is 18.0. The third-order valence-corrected chi connectivity index (χ3v) is 7.92. The molecule has 1 saturated carbocycles. The standard InChI is InChI=1S/C24H20N2O3S/c27-20(11-12-25-23(28)21-14-9-10-15(13-14)22(21)24(25)29)26-16-5-1-3-7-18(16)30-19-8-4-2-6-17(19)26/h1-10,14-15,21-22H,11-13H2/t14-,15-,21-,22-/m0/s1. The molecule has 2 heterocycles. The summed E-state index contributed by atoms with van der Waals surface area (Å²) in [5.74, 6) is -0.334.